The van der Waals surface area contributed by atoms with Crippen LogP contribution in [0.3, 0.4) is 0 Å². The minimum Gasteiger partial charge on any atom is -0.372 e. The van der Waals surface area contributed by atoms with E-state index < -0.39 is 11.9 Å². The van der Waals surface area contributed by atoms with Crippen LogP contribution in [-0.2, 0) is 19.6 Å². The quantitative estimate of drug-likeness (QED) is 0.396. The number of nitrogens with one attached hydrogen (secondary N) is 1. The molecule has 0 aliphatic heterocycles. The molecule has 0 spiro atoms. The van der Waals surface area contributed by atoms with Gasteiger partial charge in [0.15, 0.2) is 0 Å². The number of aromatic nitrogens is 4. The van der Waals surface area contributed by atoms with Crippen molar-refractivity contribution < 1.29 is 29.1 Å². The summed E-state index contributed by atoms with van der Waals surface area (Å²) in [5.74, 6) is 0.181. The van der Waals surface area contributed by atoms with Crippen LogP contribution >= 0.6 is 11.6 Å². The van der Waals surface area contributed by atoms with Crippen molar-refractivity contribution in [1.29, 1.82) is 0 Å². The van der Waals surface area contributed by atoms with Crippen molar-refractivity contribution in [3.63, 3.8) is 0 Å². The largest absolute Gasteiger partial charge is 0.378 e. The number of anilines is 1. The molecule has 0 saturated heterocycles. The lowest BCUT2D eigenvalue weighted by molar-refractivity contribution is -0.237. The van der Waals surface area contributed by atoms with Gasteiger partial charge in [0.05, 0.1) is 13.2 Å². The van der Waals surface area contributed by atoms with Crippen LogP contribution in [0.5, 0.6) is 0 Å². The molecule has 0 aliphatic carbocycles. The lowest BCUT2D eigenvalue weighted by Gasteiger charge is -2.06. The molecular formula is C17H22ClN5O6. The molecule has 0 amide bonds. The minimum absolute atomic E-state index is 0.0576. The summed E-state index contributed by atoms with van der Waals surface area (Å²) >= 11 is 5.70. The molecule has 0 radical (unpaired) electrons. The third kappa shape index (κ3) is 7.94. The SMILES string of the molecule is CCOOC(=O)c1cnc(C)nc1Cl.CCOOC(=O)c1cnc(C)nc1NC. The maximum absolute atomic E-state index is 11.4. The molecule has 0 bridgehead atoms. The highest BCUT2D eigenvalue weighted by Crippen LogP contribution is 2.13. The zero-order chi connectivity index (χ0) is 21.8. The van der Waals surface area contributed by atoms with E-state index in [9.17, 15) is 9.59 Å². The third-order valence-electron chi connectivity index (χ3n) is 2.95. The van der Waals surface area contributed by atoms with E-state index in [1.165, 1.54) is 12.4 Å². The van der Waals surface area contributed by atoms with E-state index in [0.717, 1.165) is 0 Å². The van der Waals surface area contributed by atoms with Crippen LogP contribution in [0.4, 0.5) is 5.82 Å². The van der Waals surface area contributed by atoms with E-state index in [-0.39, 0.29) is 22.9 Å². The second-order valence-corrected chi connectivity index (χ2v) is 5.46. The Hall–Kier alpha value is -2.89. The van der Waals surface area contributed by atoms with Crippen LogP contribution in [0, 0.1) is 13.8 Å². The third-order valence-corrected chi connectivity index (χ3v) is 3.24. The van der Waals surface area contributed by atoms with Gasteiger partial charge in [-0.1, -0.05) is 11.6 Å². The Bertz CT molecular complexity index is 836. The molecule has 0 aromatic carbocycles. The number of rotatable bonds is 7. The van der Waals surface area contributed by atoms with Gasteiger partial charge in [0.25, 0.3) is 0 Å². The molecular weight excluding hydrogens is 406 g/mol. The number of nitrogens with zero attached hydrogens (tertiary/aromatic N) is 4. The lowest BCUT2D eigenvalue weighted by atomic mass is 10.3. The smallest absolute Gasteiger partial charge is 0.372 e. The molecule has 0 aliphatic rings. The van der Waals surface area contributed by atoms with Crippen molar-refractivity contribution in [2.24, 2.45) is 0 Å². The Kier molecular flexibility index (Phi) is 10.4. The van der Waals surface area contributed by atoms with E-state index in [0.29, 0.717) is 24.1 Å². The van der Waals surface area contributed by atoms with Crippen LogP contribution in [0.1, 0.15) is 46.2 Å². The van der Waals surface area contributed by atoms with Crippen molar-refractivity contribution in [2.75, 3.05) is 25.6 Å². The van der Waals surface area contributed by atoms with Crippen LogP contribution in [0.15, 0.2) is 12.4 Å². The molecule has 12 heteroatoms. The second-order valence-electron chi connectivity index (χ2n) is 5.11. The Labute approximate surface area is 172 Å². The Morgan fingerprint density at radius 3 is 1.90 bits per heavy atom. The Balaban J connectivity index is 0.000000291. The first-order valence-electron chi connectivity index (χ1n) is 8.52. The van der Waals surface area contributed by atoms with Crippen molar-refractivity contribution in [2.45, 2.75) is 27.7 Å². The van der Waals surface area contributed by atoms with Gasteiger partial charge in [0.2, 0.25) is 0 Å². The van der Waals surface area contributed by atoms with Gasteiger partial charge < -0.3 is 5.32 Å². The Morgan fingerprint density at radius 1 is 0.931 bits per heavy atom. The predicted molar refractivity (Wildman–Crippen MR) is 102 cm³/mol. The highest BCUT2D eigenvalue weighted by molar-refractivity contribution is 6.32. The van der Waals surface area contributed by atoms with Crippen molar-refractivity contribution in [3.8, 4) is 0 Å². The summed E-state index contributed by atoms with van der Waals surface area (Å²) in [6, 6.07) is 0. The summed E-state index contributed by atoms with van der Waals surface area (Å²) in [4.78, 5) is 56.1. The first-order chi connectivity index (χ1) is 13.8. The fourth-order valence-electron chi connectivity index (χ4n) is 1.70. The average Bonchev–Trinajstić information content (AvgIpc) is 2.70. The first kappa shape index (κ1) is 24.1. The fourth-order valence-corrected chi connectivity index (χ4v) is 1.95. The van der Waals surface area contributed by atoms with Gasteiger partial charge >= 0.3 is 11.9 Å². The van der Waals surface area contributed by atoms with Gasteiger partial charge in [-0.25, -0.2) is 29.5 Å². The summed E-state index contributed by atoms with van der Waals surface area (Å²) in [6.45, 7) is 7.39. The van der Waals surface area contributed by atoms with Gasteiger partial charge in [-0.15, -0.1) is 0 Å². The molecule has 2 aromatic heterocycles. The van der Waals surface area contributed by atoms with Gasteiger partial charge in [0.1, 0.15) is 33.7 Å². The second kappa shape index (κ2) is 12.5. The zero-order valence-electron chi connectivity index (χ0n) is 16.7. The molecule has 11 nitrogen and oxygen atoms in total. The minimum atomic E-state index is -0.697. The van der Waals surface area contributed by atoms with E-state index in [1.54, 1.807) is 34.7 Å². The van der Waals surface area contributed by atoms with Gasteiger partial charge in [-0.05, 0) is 27.7 Å². The molecule has 2 heterocycles. The van der Waals surface area contributed by atoms with E-state index in [4.69, 9.17) is 11.6 Å². The molecule has 2 rings (SSSR count). The molecule has 1 N–H and O–H groups in total. The molecule has 0 saturated carbocycles. The highest BCUT2D eigenvalue weighted by Gasteiger charge is 2.16. The maximum Gasteiger partial charge on any atom is 0.378 e. The summed E-state index contributed by atoms with van der Waals surface area (Å²) in [7, 11) is 1.67. The van der Waals surface area contributed by atoms with E-state index in [1.807, 2.05) is 0 Å². The highest BCUT2D eigenvalue weighted by atomic mass is 35.5. The van der Waals surface area contributed by atoms with Crippen LogP contribution in [0.25, 0.3) is 0 Å². The van der Waals surface area contributed by atoms with Crippen LogP contribution < -0.4 is 5.32 Å². The number of carbonyl (C=O) groups is 2. The monoisotopic (exact) mass is 427 g/mol. The van der Waals surface area contributed by atoms with E-state index in [2.05, 4.69) is 44.8 Å². The number of aryl methyl sites for hydroxylation is 2. The van der Waals surface area contributed by atoms with E-state index >= 15 is 0 Å². The molecule has 158 valence electrons. The van der Waals surface area contributed by atoms with Gasteiger partial charge in [-0.3, -0.25) is 9.78 Å². The number of hydrogen-bond donors (Lipinski definition) is 1. The summed E-state index contributed by atoms with van der Waals surface area (Å²) in [6.07, 6.45) is 2.70. The molecule has 29 heavy (non-hydrogen) atoms. The summed E-state index contributed by atoms with van der Waals surface area (Å²) in [5.41, 5.74) is 0.335. The number of hydrogen-bond acceptors (Lipinski definition) is 11. The van der Waals surface area contributed by atoms with Crippen molar-refractivity contribution in [3.05, 3.63) is 40.3 Å². The maximum atomic E-state index is 11.4. The van der Waals surface area contributed by atoms with Crippen LogP contribution in [0.2, 0.25) is 5.15 Å². The van der Waals surface area contributed by atoms with Crippen molar-refractivity contribution >= 4 is 29.4 Å². The van der Waals surface area contributed by atoms with Gasteiger partial charge in [-0.2, -0.15) is 9.78 Å². The molecule has 0 unspecified atom stereocenters. The van der Waals surface area contributed by atoms with Crippen LogP contribution in [-0.4, -0.2) is 52.1 Å². The number of carbonyl (C=O) groups excluding carboxylic acids is 2. The molecule has 0 atom stereocenters. The lowest BCUT2D eigenvalue weighted by Crippen LogP contribution is -2.11. The molecule has 0 fully saturated rings. The fraction of sp³-hybridized carbons (Fsp3) is 0.412. The number of halogens is 1. The zero-order valence-corrected chi connectivity index (χ0v) is 17.4. The standard InChI is InChI=1S/C9H13N3O3.C8H9ClN2O3/c1-4-14-15-9(13)7-5-11-6(2)12-8(7)10-3;1-3-13-14-8(12)6-4-10-5(2)11-7(6)9/h5H,4H2,1-3H3,(H,10,11,12);4H,3H2,1-2H3. The summed E-state index contributed by atoms with van der Waals surface area (Å²) in [5, 5.41) is 2.84. The first-order valence-corrected chi connectivity index (χ1v) is 8.89. The summed E-state index contributed by atoms with van der Waals surface area (Å²) < 4.78 is 0. The predicted octanol–water partition coefficient (Wildman–Crippen LogP) is 2.48. The average molecular weight is 428 g/mol. The normalized spacial score (nSPS) is 9.86. The Morgan fingerprint density at radius 2 is 1.41 bits per heavy atom. The molecule has 2 aromatic rings. The van der Waals surface area contributed by atoms with Gasteiger partial charge in [0, 0.05) is 19.4 Å². The topological polar surface area (TPSA) is 135 Å². The van der Waals surface area contributed by atoms with Crippen molar-refractivity contribution in [1.82, 2.24) is 19.9 Å².